The van der Waals surface area contributed by atoms with Crippen LogP contribution in [0.25, 0.3) is 0 Å². The number of benzene rings is 1. The summed E-state index contributed by atoms with van der Waals surface area (Å²) in [6.45, 7) is 2.58. The zero-order valence-corrected chi connectivity index (χ0v) is 14.9. The maximum Gasteiger partial charge on any atom is 0.242 e. The molecule has 0 spiro atoms. The van der Waals surface area contributed by atoms with Crippen molar-refractivity contribution in [2.24, 2.45) is 5.92 Å². The second-order valence-electron chi connectivity index (χ2n) is 5.07. The Morgan fingerprint density at radius 3 is 2.41 bits per heavy atom. The smallest absolute Gasteiger partial charge is 0.242 e. The topological polar surface area (TPSA) is 78.5 Å². The molecule has 8 heteroatoms. The predicted molar refractivity (Wildman–Crippen MR) is 89.5 cm³/mol. The number of hydrogen-bond donors (Lipinski definition) is 2. The van der Waals surface area contributed by atoms with Gasteiger partial charge >= 0.3 is 0 Å². The predicted octanol–water partition coefficient (Wildman–Crippen LogP) is 0.830. The van der Waals surface area contributed by atoms with Crippen molar-refractivity contribution >= 4 is 28.3 Å². The van der Waals surface area contributed by atoms with Gasteiger partial charge in [-0.25, -0.2) is 12.7 Å². The number of halogens is 1. The molecule has 1 atom stereocenters. The molecule has 1 aromatic carbocycles. The molecular formula is C14H24ClN3O3S. The summed E-state index contributed by atoms with van der Waals surface area (Å²) in [6, 6.07) is 6.69. The van der Waals surface area contributed by atoms with E-state index in [1.807, 2.05) is 6.92 Å². The summed E-state index contributed by atoms with van der Waals surface area (Å²) in [6.07, 6.45) is 0. The van der Waals surface area contributed by atoms with E-state index >= 15 is 0 Å². The van der Waals surface area contributed by atoms with Crippen LogP contribution in [0.2, 0.25) is 0 Å². The summed E-state index contributed by atoms with van der Waals surface area (Å²) < 4.78 is 25.6. The van der Waals surface area contributed by atoms with Gasteiger partial charge in [0.1, 0.15) is 0 Å². The van der Waals surface area contributed by atoms with Crippen LogP contribution < -0.4 is 10.6 Å². The van der Waals surface area contributed by atoms with E-state index < -0.39 is 10.0 Å². The average molecular weight is 350 g/mol. The highest BCUT2D eigenvalue weighted by atomic mass is 35.5. The third-order valence-corrected chi connectivity index (χ3v) is 5.06. The number of sulfonamides is 1. The van der Waals surface area contributed by atoms with Gasteiger partial charge in [-0.15, -0.1) is 12.4 Å². The minimum absolute atomic E-state index is 0. The lowest BCUT2D eigenvalue weighted by atomic mass is 10.1. The first-order valence-corrected chi connectivity index (χ1v) is 8.17. The van der Waals surface area contributed by atoms with Crippen LogP contribution in [0.1, 0.15) is 12.5 Å². The van der Waals surface area contributed by atoms with E-state index in [-0.39, 0.29) is 35.7 Å². The second kappa shape index (κ2) is 9.09. The van der Waals surface area contributed by atoms with Crippen LogP contribution in [0.15, 0.2) is 29.2 Å². The fraction of sp³-hybridized carbons (Fsp3) is 0.500. The van der Waals surface area contributed by atoms with E-state index in [0.29, 0.717) is 12.1 Å². The van der Waals surface area contributed by atoms with Crippen LogP contribution >= 0.6 is 12.4 Å². The second-order valence-corrected chi connectivity index (χ2v) is 7.19. The van der Waals surface area contributed by atoms with Crippen molar-refractivity contribution in [2.45, 2.75) is 18.4 Å². The Morgan fingerprint density at radius 1 is 1.27 bits per heavy atom. The van der Waals surface area contributed by atoms with Crippen molar-refractivity contribution in [2.75, 3.05) is 27.7 Å². The molecular weight excluding hydrogens is 326 g/mol. The van der Waals surface area contributed by atoms with E-state index in [4.69, 9.17) is 0 Å². The molecule has 6 nitrogen and oxygen atoms in total. The van der Waals surface area contributed by atoms with Gasteiger partial charge in [0.25, 0.3) is 0 Å². The van der Waals surface area contributed by atoms with E-state index in [9.17, 15) is 13.2 Å². The van der Waals surface area contributed by atoms with E-state index in [2.05, 4.69) is 10.6 Å². The molecule has 0 fully saturated rings. The van der Waals surface area contributed by atoms with Crippen LogP contribution in [-0.4, -0.2) is 46.3 Å². The fourth-order valence-corrected chi connectivity index (χ4v) is 2.97. The summed E-state index contributed by atoms with van der Waals surface area (Å²) in [4.78, 5) is 12.1. The van der Waals surface area contributed by atoms with Gasteiger partial charge in [0, 0.05) is 33.1 Å². The highest BCUT2D eigenvalue weighted by Gasteiger charge is 2.21. The van der Waals surface area contributed by atoms with Crippen molar-refractivity contribution in [3.8, 4) is 0 Å². The Kier molecular flexibility index (Phi) is 8.62. The number of carbonyl (C=O) groups excluding carboxylic acids is 1. The van der Waals surface area contributed by atoms with Crippen molar-refractivity contribution in [1.29, 1.82) is 0 Å². The Hall–Kier alpha value is -1.15. The molecule has 1 aromatic rings. The van der Waals surface area contributed by atoms with Crippen molar-refractivity contribution < 1.29 is 13.2 Å². The number of nitrogens with one attached hydrogen (secondary N) is 2. The molecule has 0 aromatic heterocycles. The van der Waals surface area contributed by atoms with Crippen LogP contribution in [0, 0.1) is 5.92 Å². The normalized spacial score (nSPS) is 12.6. The van der Waals surface area contributed by atoms with E-state index in [0.717, 1.165) is 4.31 Å². The van der Waals surface area contributed by atoms with Gasteiger partial charge in [0.2, 0.25) is 15.9 Å². The van der Waals surface area contributed by atoms with Crippen LogP contribution in [-0.2, 0) is 21.4 Å². The molecule has 2 N–H and O–H groups in total. The van der Waals surface area contributed by atoms with Gasteiger partial charge in [0.15, 0.2) is 0 Å². The molecule has 0 aliphatic heterocycles. The van der Waals surface area contributed by atoms with Gasteiger partial charge in [-0.1, -0.05) is 25.1 Å². The SMILES string of the molecule is CNCC(C)C(=O)NCc1ccccc1S(=O)(=O)N(C)C.Cl. The quantitative estimate of drug-likeness (QED) is 0.764. The molecule has 0 radical (unpaired) electrons. The zero-order chi connectivity index (χ0) is 16.0. The lowest BCUT2D eigenvalue weighted by molar-refractivity contribution is -0.124. The highest BCUT2D eigenvalue weighted by molar-refractivity contribution is 7.89. The minimum atomic E-state index is -3.52. The lowest BCUT2D eigenvalue weighted by Crippen LogP contribution is -2.34. The maximum atomic E-state index is 12.2. The largest absolute Gasteiger partial charge is 0.352 e. The van der Waals surface area contributed by atoms with Gasteiger partial charge in [-0.3, -0.25) is 4.79 Å². The van der Waals surface area contributed by atoms with E-state index in [1.54, 1.807) is 31.3 Å². The highest BCUT2D eigenvalue weighted by Crippen LogP contribution is 2.18. The molecule has 22 heavy (non-hydrogen) atoms. The van der Waals surface area contributed by atoms with Crippen molar-refractivity contribution in [3.63, 3.8) is 0 Å². The first-order chi connectivity index (χ1) is 9.80. The first kappa shape index (κ1) is 20.9. The molecule has 0 saturated heterocycles. The van der Waals surface area contributed by atoms with E-state index in [1.165, 1.54) is 14.1 Å². The van der Waals surface area contributed by atoms with Crippen molar-refractivity contribution in [3.05, 3.63) is 29.8 Å². The molecule has 1 amide bonds. The number of carbonyl (C=O) groups is 1. The van der Waals surface area contributed by atoms with Gasteiger partial charge in [-0.05, 0) is 18.7 Å². The fourth-order valence-electron chi connectivity index (χ4n) is 1.85. The van der Waals surface area contributed by atoms with Gasteiger partial charge in [-0.2, -0.15) is 0 Å². The first-order valence-electron chi connectivity index (χ1n) is 6.73. The van der Waals surface area contributed by atoms with Crippen LogP contribution in [0.4, 0.5) is 0 Å². The zero-order valence-electron chi connectivity index (χ0n) is 13.3. The monoisotopic (exact) mass is 349 g/mol. The summed E-state index contributed by atoms with van der Waals surface area (Å²) in [5, 5.41) is 5.71. The van der Waals surface area contributed by atoms with Gasteiger partial charge < -0.3 is 10.6 Å². The number of rotatable bonds is 7. The Labute approximate surface area is 138 Å². The van der Waals surface area contributed by atoms with Crippen molar-refractivity contribution in [1.82, 2.24) is 14.9 Å². The number of amides is 1. The molecule has 126 valence electrons. The molecule has 1 rings (SSSR count). The average Bonchev–Trinajstić information content (AvgIpc) is 2.45. The third-order valence-electron chi connectivity index (χ3n) is 3.14. The minimum Gasteiger partial charge on any atom is -0.352 e. The summed E-state index contributed by atoms with van der Waals surface area (Å²) in [5.41, 5.74) is 0.580. The number of hydrogen-bond acceptors (Lipinski definition) is 4. The summed E-state index contributed by atoms with van der Waals surface area (Å²) in [5.74, 6) is -0.283. The Balaban J connectivity index is 0.00000441. The maximum absolute atomic E-state index is 12.2. The third kappa shape index (κ3) is 5.24. The molecule has 0 heterocycles. The molecule has 1 unspecified atom stereocenters. The summed E-state index contributed by atoms with van der Waals surface area (Å²) >= 11 is 0. The molecule has 0 aliphatic rings. The molecule has 0 bridgehead atoms. The van der Waals surface area contributed by atoms with Gasteiger partial charge in [0.05, 0.1) is 4.90 Å². The Morgan fingerprint density at radius 2 is 1.86 bits per heavy atom. The van der Waals surface area contributed by atoms with Crippen LogP contribution in [0.5, 0.6) is 0 Å². The lowest BCUT2D eigenvalue weighted by Gasteiger charge is -2.16. The standard InChI is InChI=1S/C14H23N3O3S.ClH/c1-11(9-15-2)14(18)16-10-12-7-5-6-8-13(12)21(19,20)17(3)4;/h5-8,11,15H,9-10H2,1-4H3,(H,16,18);1H. The van der Waals surface area contributed by atoms with Crippen LogP contribution in [0.3, 0.4) is 0 Å². The molecule has 0 saturated carbocycles. The number of nitrogens with zero attached hydrogens (tertiary/aromatic N) is 1. The Bertz CT molecular complexity index is 591. The molecule has 0 aliphatic carbocycles. The summed E-state index contributed by atoms with van der Waals surface area (Å²) in [7, 11) is 1.24.